The van der Waals surface area contributed by atoms with Crippen LogP contribution < -0.4 is 5.32 Å². The van der Waals surface area contributed by atoms with E-state index in [9.17, 15) is 4.79 Å². The lowest BCUT2D eigenvalue weighted by Gasteiger charge is -2.19. The molecule has 0 saturated heterocycles. The average molecular weight is 279 g/mol. The number of carbonyl (C=O) groups is 1. The van der Waals surface area contributed by atoms with Crippen molar-refractivity contribution < 1.29 is 4.79 Å². The van der Waals surface area contributed by atoms with E-state index in [-0.39, 0.29) is 23.3 Å². The van der Waals surface area contributed by atoms with Crippen LogP contribution in [0.1, 0.15) is 31.4 Å². The first-order valence-electron chi connectivity index (χ1n) is 7.56. The van der Waals surface area contributed by atoms with Gasteiger partial charge in [-0.3, -0.25) is 4.79 Å². The van der Waals surface area contributed by atoms with E-state index < -0.39 is 0 Å². The Morgan fingerprint density at radius 3 is 1.90 bits per heavy atom. The summed E-state index contributed by atoms with van der Waals surface area (Å²) in [5.41, 5.74) is 2.32. The van der Waals surface area contributed by atoms with Gasteiger partial charge in [0.05, 0.1) is 5.92 Å². The first-order valence-corrected chi connectivity index (χ1v) is 7.56. The Bertz CT molecular complexity index is 579. The lowest BCUT2D eigenvalue weighted by atomic mass is 9.85. The van der Waals surface area contributed by atoms with Crippen LogP contribution in [0, 0.1) is 5.92 Å². The van der Waals surface area contributed by atoms with E-state index in [1.165, 1.54) is 11.1 Å². The molecule has 0 aromatic heterocycles. The number of hydrogen-bond donors (Lipinski definition) is 1. The van der Waals surface area contributed by atoms with Crippen molar-refractivity contribution in [2.45, 2.75) is 31.7 Å². The summed E-state index contributed by atoms with van der Waals surface area (Å²) in [4.78, 5) is 12.5. The predicted molar refractivity (Wildman–Crippen MR) is 85.0 cm³/mol. The highest BCUT2D eigenvalue weighted by molar-refractivity contribution is 5.86. The molecule has 0 heterocycles. The fourth-order valence-corrected chi connectivity index (χ4v) is 3.24. The van der Waals surface area contributed by atoms with Crippen molar-refractivity contribution in [1.29, 1.82) is 0 Å². The van der Waals surface area contributed by atoms with Crippen LogP contribution in [0.4, 0.5) is 0 Å². The van der Waals surface area contributed by atoms with Crippen LogP contribution in [-0.2, 0) is 10.2 Å². The second kappa shape index (κ2) is 5.36. The summed E-state index contributed by atoms with van der Waals surface area (Å²) >= 11 is 0. The minimum absolute atomic E-state index is 0.0321. The summed E-state index contributed by atoms with van der Waals surface area (Å²) in [6.07, 6.45) is 0.888. The van der Waals surface area contributed by atoms with Gasteiger partial charge in [0.1, 0.15) is 0 Å². The molecule has 1 N–H and O–H groups in total. The summed E-state index contributed by atoms with van der Waals surface area (Å²) in [6.45, 7) is 4.01. The second-order valence-electron chi connectivity index (χ2n) is 6.12. The molecule has 1 fully saturated rings. The molecule has 0 bridgehead atoms. The van der Waals surface area contributed by atoms with Gasteiger partial charge in [-0.1, -0.05) is 60.7 Å². The maximum absolute atomic E-state index is 12.5. The molecule has 21 heavy (non-hydrogen) atoms. The quantitative estimate of drug-likeness (QED) is 0.911. The van der Waals surface area contributed by atoms with Gasteiger partial charge in [-0.2, -0.15) is 0 Å². The molecular formula is C19H21NO. The second-order valence-corrected chi connectivity index (χ2v) is 6.12. The molecule has 0 radical (unpaired) electrons. The molecule has 1 aliphatic rings. The zero-order chi connectivity index (χ0) is 14.9. The van der Waals surface area contributed by atoms with Crippen molar-refractivity contribution in [3.05, 3.63) is 71.8 Å². The van der Waals surface area contributed by atoms with E-state index in [4.69, 9.17) is 0 Å². The van der Waals surface area contributed by atoms with Gasteiger partial charge >= 0.3 is 0 Å². The van der Waals surface area contributed by atoms with Crippen molar-refractivity contribution in [3.8, 4) is 0 Å². The van der Waals surface area contributed by atoms with Crippen LogP contribution in [0.25, 0.3) is 0 Å². The first-order chi connectivity index (χ1) is 10.1. The Morgan fingerprint density at radius 1 is 1.00 bits per heavy atom. The third kappa shape index (κ3) is 2.46. The molecule has 2 aromatic carbocycles. The Hall–Kier alpha value is -2.09. The lowest BCUT2D eigenvalue weighted by Crippen LogP contribution is -2.34. The molecule has 2 aromatic rings. The topological polar surface area (TPSA) is 29.1 Å². The summed E-state index contributed by atoms with van der Waals surface area (Å²) in [7, 11) is 0. The van der Waals surface area contributed by atoms with E-state index in [0.717, 1.165) is 6.42 Å². The largest absolute Gasteiger partial charge is 0.354 e. The molecule has 1 saturated carbocycles. The van der Waals surface area contributed by atoms with Crippen LogP contribution in [0.3, 0.4) is 0 Å². The molecule has 0 unspecified atom stereocenters. The van der Waals surface area contributed by atoms with Crippen molar-refractivity contribution >= 4 is 5.91 Å². The maximum Gasteiger partial charge on any atom is 0.224 e. The van der Waals surface area contributed by atoms with Crippen molar-refractivity contribution in [1.82, 2.24) is 5.32 Å². The minimum Gasteiger partial charge on any atom is -0.354 e. The molecule has 2 heteroatoms. The Labute approximate surface area is 126 Å². The third-order valence-electron chi connectivity index (χ3n) is 4.29. The highest BCUT2D eigenvalue weighted by atomic mass is 16.2. The van der Waals surface area contributed by atoms with Crippen LogP contribution >= 0.6 is 0 Å². The fourth-order valence-electron chi connectivity index (χ4n) is 3.24. The third-order valence-corrected chi connectivity index (χ3v) is 4.29. The smallest absolute Gasteiger partial charge is 0.224 e. The summed E-state index contributed by atoms with van der Waals surface area (Å²) in [6, 6.07) is 21.0. The highest BCUT2D eigenvalue weighted by Crippen LogP contribution is 2.58. The van der Waals surface area contributed by atoms with Gasteiger partial charge in [0.2, 0.25) is 5.91 Å². The van der Waals surface area contributed by atoms with Crippen LogP contribution in [0.2, 0.25) is 0 Å². The molecule has 0 spiro atoms. The van der Waals surface area contributed by atoms with E-state index in [0.29, 0.717) is 0 Å². The first kappa shape index (κ1) is 13.9. The molecule has 3 rings (SSSR count). The normalized spacial score (nSPS) is 19.3. The Morgan fingerprint density at radius 2 is 1.48 bits per heavy atom. The monoisotopic (exact) mass is 279 g/mol. The SMILES string of the molecule is CC(C)NC(=O)[C@H]1CC1(c1ccccc1)c1ccccc1. The zero-order valence-corrected chi connectivity index (χ0v) is 12.5. The number of rotatable bonds is 4. The summed E-state index contributed by atoms with van der Waals surface area (Å²) in [5.74, 6) is 0.197. The van der Waals surface area contributed by atoms with Crippen molar-refractivity contribution in [2.75, 3.05) is 0 Å². The highest BCUT2D eigenvalue weighted by Gasteiger charge is 2.60. The number of nitrogens with one attached hydrogen (secondary N) is 1. The number of carbonyl (C=O) groups excluding carboxylic acids is 1. The molecular weight excluding hydrogens is 258 g/mol. The van der Waals surface area contributed by atoms with E-state index in [2.05, 4.69) is 53.8 Å². The number of amides is 1. The number of hydrogen-bond acceptors (Lipinski definition) is 1. The lowest BCUT2D eigenvalue weighted by molar-refractivity contribution is -0.123. The summed E-state index contributed by atoms with van der Waals surface area (Å²) in [5, 5.41) is 3.06. The van der Waals surface area contributed by atoms with Crippen molar-refractivity contribution in [2.24, 2.45) is 5.92 Å². The molecule has 0 aliphatic heterocycles. The maximum atomic E-state index is 12.5. The Balaban J connectivity index is 1.98. The van der Waals surface area contributed by atoms with Gasteiger partial charge in [0.25, 0.3) is 0 Å². The Kier molecular flexibility index (Phi) is 3.54. The van der Waals surface area contributed by atoms with E-state index >= 15 is 0 Å². The van der Waals surface area contributed by atoms with Gasteiger partial charge in [-0.15, -0.1) is 0 Å². The fraction of sp³-hybridized carbons (Fsp3) is 0.316. The van der Waals surface area contributed by atoms with Gasteiger partial charge in [-0.05, 0) is 31.4 Å². The zero-order valence-electron chi connectivity index (χ0n) is 12.5. The molecule has 2 nitrogen and oxygen atoms in total. The van der Waals surface area contributed by atoms with Crippen LogP contribution in [-0.4, -0.2) is 11.9 Å². The van der Waals surface area contributed by atoms with Crippen LogP contribution in [0.15, 0.2) is 60.7 Å². The van der Waals surface area contributed by atoms with Gasteiger partial charge < -0.3 is 5.32 Å². The standard InChI is InChI=1S/C19H21NO/c1-14(2)20-18(21)17-13-19(17,15-9-5-3-6-10-15)16-11-7-4-8-12-16/h3-12,14,17H,13H2,1-2H3,(H,20,21)/t17-/m1/s1. The van der Waals surface area contributed by atoms with Gasteiger partial charge in [-0.25, -0.2) is 0 Å². The predicted octanol–water partition coefficient (Wildman–Crippen LogP) is 3.52. The van der Waals surface area contributed by atoms with E-state index in [1.807, 2.05) is 26.0 Å². The molecule has 1 aliphatic carbocycles. The minimum atomic E-state index is -0.151. The van der Waals surface area contributed by atoms with Gasteiger partial charge in [0.15, 0.2) is 0 Å². The van der Waals surface area contributed by atoms with Crippen molar-refractivity contribution in [3.63, 3.8) is 0 Å². The van der Waals surface area contributed by atoms with Crippen LogP contribution in [0.5, 0.6) is 0 Å². The average Bonchev–Trinajstić information content (AvgIpc) is 3.25. The van der Waals surface area contributed by atoms with Gasteiger partial charge in [0, 0.05) is 11.5 Å². The molecule has 1 atom stereocenters. The van der Waals surface area contributed by atoms with E-state index in [1.54, 1.807) is 0 Å². The molecule has 1 amide bonds. The summed E-state index contributed by atoms with van der Waals surface area (Å²) < 4.78 is 0. The number of benzene rings is 2. The molecule has 108 valence electrons.